The number of fused-ring (bicyclic) bond motifs is 1. The minimum Gasteiger partial charge on any atom is -0.355 e. The summed E-state index contributed by atoms with van der Waals surface area (Å²) in [6, 6.07) is 0. The first kappa shape index (κ1) is 14.9. The third kappa shape index (κ3) is 3.32. The van der Waals surface area contributed by atoms with Crippen molar-refractivity contribution in [1.29, 1.82) is 0 Å². The van der Waals surface area contributed by atoms with Crippen molar-refractivity contribution in [3.05, 3.63) is 12.7 Å². The minimum atomic E-state index is 0.631. The van der Waals surface area contributed by atoms with Crippen LogP contribution in [0.5, 0.6) is 0 Å². The standard InChI is InChI=1S/C9H11IN5P.C2H7N/c10-16-15-6-13-7-8(11-5-12-9(7)15)14-3-1-2-4-14;1-3-2/h5-6,16H,1-4H2;3H,1-2H3. The molecule has 19 heavy (non-hydrogen) atoms. The van der Waals surface area contributed by atoms with Crippen LogP contribution < -0.4 is 10.2 Å². The van der Waals surface area contributed by atoms with Crippen molar-refractivity contribution in [2.75, 3.05) is 32.1 Å². The molecule has 0 aliphatic carbocycles. The van der Waals surface area contributed by atoms with E-state index in [1.807, 2.05) is 20.4 Å². The molecule has 0 aromatic carbocycles. The Labute approximate surface area is 127 Å². The van der Waals surface area contributed by atoms with Gasteiger partial charge in [0, 0.05) is 13.1 Å². The number of rotatable bonds is 2. The summed E-state index contributed by atoms with van der Waals surface area (Å²) in [6.07, 6.45) is 6.63. The van der Waals surface area contributed by atoms with Gasteiger partial charge in [-0.1, -0.05) is 0 Å². The van der Waals surface area contributed by atoms with Crippen LogP contribution in [-0.4, -0.2) is 46.5 Å². The number of aromatic nitrogens is 4. The summed E-state index contributed by atoms with van der Waals surface area (Å²) >= 11 is 2.33. The van der Waals surface area contributed by atoms with E-state index in [1.54, 1.807) is 6.33 Å². The summed E-state index contributed by atoms with van der Waals surface area (Å²) in [6.45, 7) is 2.18. The van der Waals surface area contributed by atoms with E-state index in [4.69, 9.17) is 0 Å². The fraction of sp³-hybridized carbons (Fsp3) is 0.545. The van der Waals surface area contributed by atoms with Gasteiger partial charge in [-0.3, -0.25) is 4.34 Å². The van der Waals surface area contributed by atoms with Gasteiger partial charge in [-0.2, -0.15) is 0 Å². The van der Waals surface area contributed by atoms with Crippen LogP contribution in [-0.2, 0) is 0 Å². The highest BCUT2D eigenvalue weighted by atomic mass is 127. The van der Waals surface area contributed by atoms with Gasteiger partial charge in [-0.15, -0.1) is 0 Å². The van der Waals surface area contributed by atoms with E-state index in [-0.39, 0.29) is 0 Å². The van der Waals surface area contributed by atoms with Gasteiger partial charge in [0.25, 0.3) is 0 Å². The Bertz CT molecular complexity index is 525. The lowest BCUT2D eigenvalue weighted by atomic mass is 10.4. The van der Waals surface area contributed by atoms with E-state index in [9.17, 15) is 0 Å². The third-order valence-corrected chi connectivity index (χ3v) is 4.88. The Hall–Kier alpha value is -0.530. The molecule has 0 bridgehead atoms. The van der Waals surface area contributed by atoms with E-state index in [2.05, 4.69) is 51.5 Å². The second-order valence-electron chi connectivity index (χ2n) is 4.26. The Balaban J connectivity index is 0.000000408. The van der Waals surface area contributed by atoms with Crippen LogP contribution in [0.25, 0.3) is 11.2 Å². The molecular weight excluding hydrogens is 374 g/mol. The van der Waals surface area contributed by atoms with Gasteiger partial charge in [-0.25, -0.2) is 15.0 Å². The summed E-state index contributed by atoms with van der Waals surface area (Å²) in [5.41, 5.74) is 1.89. The zero-order valence-electron chi connectivity index (χ0n) is 11.1. The molecule has 8 heteroatoms. The number of hydrogen-bond acceptors (Lipinski definition) is 5. The van der Waals surface area contributed by atoms with E-state index >= 15 is 0 Å². The number of anilines is 1. The van der Waals surface area contributed by atoms with Crippen LogP contribution in [0.2, 0.25) is 0 Å². The first-order valence-electron chi connectivity index (χ1n) is 6.20. The SMILES string of the molecule is CNC.IPn1cnc2c(N3CCCC3)ncnc21. The zero-order chi connectivity index (χ0) is 13.7. The van der Waals surface area contributed by atoms with Gasteiger partial charge < -0.3 is 10.2 Å². The second-order valence-corrected chi connectivity index (χ2v) is 6.36. The number of hydrogen-bond donors (Lipinski definition) is 1. The quantitative estimate of drug-likeness (QED) is 0.627. The molecular formula is C11H18IN6P. The number of nitrogens with zero attached hydrogens (tertiary/aromatic N) is 5. The average molecular weight is 392 g/mol. The summed E-state index contributed by atoms with van der Waals surface area (Å²) in [5, 5.41) is 2.75. The van der Waals surface area contributed by atoms with Crippen molar-refractivity contribution < 1.29 is 0 Å². The van der Waals surface area contributed by atoms with Crippen molar-refractivity contribution in [3.8, 4) is 0 Å². The second kappa shape index (κ2) is 7.31. The van der Waals surface area contributed by atoms with Crippen LogP contribution in [0, 0.1) is 0 Å². The molecule has 3 rings (SSSR count). The molecule has 1 N–H and O–H groups in total. The Morgan fingerprint density at radius 3 is 2.53 bits per heavy atom. The molecule has 0 saturated carbocycles. The molecule has 3 heterocycles. The zero-order valence-corrected chi connectivity index (χ0v) is 14.3. The van der Waals surface area contributed by atoms with Crippen molar-refractivity contribution in [1.82, 2.24) is 24.6 Å². The van der Waals surface area contributed by atoms with E-state index in [0.717, 1.165) is 30.1 Å². The molecule has 1 saturated heterocycles. The predicted molar refractivity (Wildman–Crippen MR) is 89.5 cm³/mol. The maximum Gasteiger partial charge on any atom is 0.169 e. The highest BCUT2D eigenvalue weighted by molar-refractivity contribution is 14.2. The molecule has 104 valence electrons. The maximum absolute atomic E-state index is 4.43. The van der Waals surface area contributed by atoms with Crippen LogP contribution in [0.3, 0.4) is 0 Å². The molecule has 1 unspecified atom stereocenters. The van der Waals surface area contributed by atoms with Crippen molar-refractivity contribution >= 4 is 45.4 Å². The van der Waals surface area contributed by atoms with Crippen LogP contribution in [0.1, 0.15) is 12.8 Å². The van der Waals surface area contributed by atoms with Gasteiger partial charge in [0.2, 0.25) is 0 Å². The van der Waals surface area contributed by atoms with Gasteiger partial charge >= 0.3 is 0 Å². The summed E-state index contributed by atoms with van der Waals surface area (Å²) < 4.78 is 2.07. The van der Waals surface area contributed by atoms with Gasteiger partial charge in [0.05, 0.1) is 6.37 Å². The van der Waals surface area contributed by atoms with Crippen molar-refractivity contribution in [2.24, 2.45) is 0 Å². The lowest BCUT2D eigenvalue weighted by Crippen LogP contribution is -2.19. The van der Waals surface area contributed by atoms with Gasteiger partial charge in [0.15, 0.2) is 17.0 Å². The van der Waals surface area contributed by atoms with Gasteiger partial charge in [-0.05, 0) is 49.0 Å². The van der Waals surface area contributed by atoms with Gasteiger partial charge in [0.1, 0.15) is 12.7 Å². The molecule has 0 amide bonds. The molecule has 2 aromatic rings. The summed E-state index contributed by atoms with van der Waals surface area (Å²) in [5.74, 6) is 0.996. The molecule has 0 spiro atoms. The Kier molecular flexibility index (Phi) is 5.72. The van der Waals surface area contributed by atoms with E-state index in [1.165, 1.54) is 12.8 Å². The summed E-state index contributed by atoms with van der Waals surface area (Å²) in [7, 11) is 3.75. The minimum absolute atomic E-state index is 0.631. The Morgan fingerprint density at radius 1 is 1.21 bits per heavy atom. The van der Waals surface area contributed by atoms with Crippen molar-refractivity contribution in [2.45, 2.75) is 12.8 Å². The van der Waals surface area contributed by atoms with Crippen LogP contribution >= 0.6 is 28.4 Å². The fourth-order valence-corrected chi connectivity index (χ4v) is 3.45. The van der Waals surface area contributed by atoms with E-state index in [0.29, 0.717) is 6.37 Å². The highest BCUT2D eigenvalue weighted by Gasteiger charge is 2.18. The molecule has 1 aliphatic heterocycles. The smallest absolute Gasteiger partial charge is 0.169 e. The number of imidazole rings is 1. The lowest BCUT2D eigenvalue weighted by molar-refractivity contribution is 0.936. The van der Waals surface area contributed by atoms with E-state index < -0.39 is 0 Å². The largest absolute Gasteiger partial charge is 0.355 e. The fourth-order valence-electron chi connectivity index (χ4n) is 2.04. The maximum atomic E-state index is 4.43. The molecule has 1 aliphatic rings. The average Bonchev–Trinajstić information content (AvgIpc) is 3.08. The first-order valence-corrected chi connectivity index (χ1v) is 10.3. The van der Waals surface area contributed by atoms with Crippen LogP contribution in [0.4, 0.5) is 5.82 Å². The van der Waals surface area contributed by atoms with Crippen LogP contribution in [0.15, 0.2) is 12.7 Å². The third-order valence-electron chi connectivity index (χ3n) is 2.81. The molecule has 1 atom stereocenters. The molecule has 1 fully saturated rings. The normalized spacial score (nSPS) is 15.2. The predicted octanol–water partition coefficient (Wildman–Crippen LogP) is 2.05. The first-order chi connectivity index (χ1) is 9.31. The number of halogens is 1. The van der Waals surface area contributed by atoms with Crippen molar-refractivity contribution in [3.63, 3.8) is 0 Å². The topological polar surface area (TPSA) is 58.9 Å². The summed E-state index contributed by atoms with van der Waals surface area (Å²) in [4.78, 5) is 15.4. The monoisotopic (exact) mass is 392 g/mol. The number of nitrogens with one attached hydrogen (secondary N) is 1. The highest BCUT2D eigenvalue weighted by Crippen LogP contribution is 2.31. The Morgan fingerprint density at radius 2 is 1.89 bits per heavy atom. The lowest BCUT2D eigenvalue weighted by Gasteiger charge is -2.15. The molecule has 6 nitrogen and oxygen atoms in total. The molecule has 2 aromatic heterocycles. The molecule has 0 radical (unpaired) electrons.